The van der Waals surface area contributed by atoms with E-state index in [1.807, 2.05) is 0 Å². The Morgan fingerprint density at radius 3 is 1.06 bits per heavy atom. The number of aliphatic hydroxyl groups is 4. The molecule has 36 heteroatoms. The number of carbonyl (C=O) groups excluding carboxylic acids is 6. The first-order chi connectivity index (χ1) is 42.3. The van der Waals surface area contributed by atoms with Crippen LogP contribution in [-0.4, -0.2) is 223 Å². The third kappa shape index (κ3) is 9.60. The Kier molecular flexibility index (Phi) is 15.2. The van der Waals surface area contributed by atoms with Crippen LogP contribution in [0.15, 0.2) is 36.4 Å². The summed E-state index contributed by atoms with van der Waals surface area (Å²) in [6.07, 6.45) is -24.9. The minimum atomic E-state index is -2.80. The highest BCUT2D eigenvalue weighted by atomic mass is 16.8. The highest BCUT2D eigenvalue weighted by Crippen LogP contribution is 2.60. The maximum absolute atomic E-state index is 15.4. The van der Waals surface area contributed by atoms with Crippen LogP contribution >= 0.6 is 0 Å². The number of phenolic OH excluding ortho intramolecular Hbond substituents is 18. The van der Waals surface area contributed by atoms with Crippen LogP contribution < -0.4 is 0 Å². The molecule has 22 N–H and O–H groups in total. The second kappa shape index (κ2) is 22.2. The van der Waals surface area contributed by atoms with E-state index in [1.54, 1.807) is 0 Å². The van der Waals surface area contributed by atoms with Crippen molar-refractivity contribution in [3.8, 4) is 137 Å². The quantitative estimate of drug-likeness (QED) is 0.0538. The molecule has 0 bridgehead atoms. The number of phenols is 18. The van der Waals surface area contributed by atoms with Crippen LogP contribution in [0.1, 0.15) is 62.1 Å². The molecule has 4 heterocycles. The summed E-state index contributed by atoms with van der Waals surface area (Å²) in [5.74, 6) is -39.4. The Bertz CT molecular complexity index is 4090. The summed E-state index contributed by atoms with van der Waals surface area (Å²) in [7, 11) is 0. The fourth-order valence-electron chi connectivity index (χ4n) is 10.2. The van der Waals surface area contributed by atoms with Crippen molar-refractivity contribution < 1.29 is 179 Å². The second-order valence-corrected chi connectivity index (χ2v) is 19.8. The van der Waals surface area contributed by atoms with Crippen LogP contribution in [0, 0.1) is 0 Å². The van der Waals surface area contributed by atoms with Crippen LogP contribution in [-0.2, 0) is 37.9 Å². The van der Waals surface area contributed by atoms with E-state index in [1.165, 1.54) is 0 Å². The molecule has 10 rings (SSSR count). The lowest BCUT2D eigenvalue weighted by molar-refractivity contribution is -0.283. The van der Waals surface area contributed by atoms with Crippen molar-refractivity contribution in [3.63, 3.8) is 0 Å². The van der Waals surface area contributed by atoms with E-state index in [-0.39, 0.29) is 12.1 Å². The molecule has 6 aromatic rings. The number of ether oxygens (including phenoxy) is 8. The number of aliphatic hydroxyl groups excluding tert-OH is 4. The third-order valence-corrected chi connectivity index (χ3v) is 14.6. The van der Waals surface area contributed by atoms with Crippen molar-refractivity contribution in [1.29, 1.82) is 0 Å². The Labute approximate surface area is 495 Å². The minimum absolute atomic E-state index is 0.128. The fourth-order valence-corrected chi connectivity index (χ4v) is 10.2. The largest absolute Gasteiger partial charge is 0.504 e. The van der Waals surface area contributed by atoms with Gasteiger partial charge in [0.05, 0.1) is 46.6 Å². The molecule has 2 fully saturated rings. The molecule has 0 saturated carbocycles. The molecule has 10 unspecified atom stereocenters. The number of benzene rings is 6. The molecule has 2 saturated heterocycles. The first-order valence-corrected chi connectivity index (χ1v) is 25.2. The van der Waals surface area contributed by atoms with E-state index in [0.717, 1.165) is 0 Å². The van der Waals surface area contributed by atoms with Crippen molar-refractivity contribution in [2.45, 2.75) is 61.4 Å². The number of hydrogen-bond acceptors (Lipinski definition) is 36. The van der Waals surface area contributed by atoms with Crippen molar-refractivity contribution in [3.05, 3.63) is 69.8 Å². The number of hydrogen-bond donors (Lipinski definition) is 22. The van der Waals surface area contributed by atoms with E-state index in [2.05, 4.69) is 0 Å². The van der Waals surface area contributed by atoms with E-state index in [9.17, 15) is 132 Å². The maximum atomic E-state index is 15.4. The highest BCUT2D eigenvalue weighted by molar-refractivity contribution is 6.16. The van der Waals surface area contributed by atoms with Crippen LogP contribution in [0.25, 0.3) is 33.4 Å². The van der Waals surface area contributed by atoms with Gasteiger partial charge in [-0.25, -0.2) is 28.8 Å². The van der Waals surface area contributed by atoms with Crippen LogP contribution in [0.3, 0.4) is 0 Å². The van der Waals surface area contributed by atoms with Gasteiger partial charge in [-0.05, 0) is 36.4 Å². The third-order valence-electron chi connectivity index (χ3n) is 14.6. The molecule has 0 spiro atoms. The first kappa shape index (κ1) is 61.4. The monoisotopic (exact) mass is 1270 g/mol. The summed E-state index contributed by atoms with van der Waals surface area (Å²) < 4.78 is 43.9. The van der Waals surface area contributed by atoms with Gasteiger partial charge in [-0.1, -0.05) is 0 Å². The maximum Gasteiger partial charge on any atom is 0.341 e. The molecule has 0 aromatic heterocycles. The zero-order valence-electron chi connectivity index (χ0n) is 44.2. The predicted molar refractivity (Wildman–Crippen MR) is 277 cm³/mol. The highest BCUT2D eigenvalue weighted by Gasteiger charge is 2.55. The van der Waals surface area contributed by atoms with Gasteiger partial charge in [-0.3, -0.25) is 0 Å². The van der Waals surface area contributed by atoms with Crippen LogP contribution in [0.2, 0.25) is 0 Å². The van der Waals surface area contributed by atoms with Crippen molar-refractivity contribution in [1.82, 2.24) is 0 Å². The lowest BCUT2D eigenvalue weighted by Crippen LogP contribution is -2.62. The van der Waals surface area contributed by atoms with Gasteiger partial charge in [-0.15, -0.1) is 0 Å². The molecule has 4 aliphatic rings. The van der Waals surface area contributed by atoms with Gasteiger partial charge in [0.2, 0.25) is 53.5 Å². The van der Waals surface area contributed by atoms with Gasteiger partial charge < -0.3 is 150 Å². The summed E-state index contributed by atoms with van der Waals surface area (Å²) in [5, 5.41) is 241. The summed E-state index contributed by atoms with van der Waals surface area (Å²) >= 11 is 0. The van der Waals surface area contributed by atoms with Gasteiger partial charge in [0, 0.05) is 33.4 Å². The summed E-state index contributed by atoms with van der Waals surface area (Å²) in [6.45, 7) is -2.63. The van der Waals surface area contributed by atoms with Crippen LogP contribution in [0.4, 0.5) is 0 Å². The molecular weight excluding hydrogens is 1220 g/mol. The number of rotatable bonds is 7. The molecule has 4 aliphatic heterocycles. The molecule has 0 aliphatic carbocycles. The molecule has 6 aromatic carbocycles. The van der Waals surface area contributed by atoms with Crippen LogP contribution in [0.5, 0.6) is 103 Å². The van der Waals surface area contributed by atoms with Gasteiger partial charge in [0.25, 0.3) is 0 Å². The van der Waals surface area contributed by atoms with E-state index < -0.39 is 281 Å². The molecular formula is C54H42O36. The van der Waals surface area contributed by atoms with Crippen molar-refractivity contribution in [2.24, 2.45) is 0 Å². The number of esters is 6. The minimum Gasteiger partial charge on any atom is -0.504 e. The van der Waals surface area contributed by atoms with Crippen molar-refractivity contribution >= 4 is 35.8 Å². The fraction of sp³-hybridized carbons (Fsp3) is 0.222. The topological polar surface area (TPSA) is 621 Å². The average Bonchev–Trinajstić information content (AvgIpc) is 0.763. The van der Waals surface area contributed by atoms with Gasteiger partial charge in [0.15, 0.2) is 87.0 Å². The van der Waals surface area contributed by atoms with E-state index in [4.69, 9.17) is 37.9 Å². The SMILES string of the molecule is O=C(OC1OC(CO)C(O)C2OC(=O)c3cc(O)c(O)c(O)c3-c3c(O)c(O)c(O)c(-c4c(C(=O)OC5OC(CO)C(O)C6OC(=O)c7cc(O)c(O)c(O)c7-c7c(cc(O)c(O)c7O)C(=O)OC56)cc(O)c(O)c4O)c3C(=O)OC12)c1cc(O)c(O)c(O)c1. The average molecular weight is 1270 g/mol. The molecule has 0 amide bonds. The van der Waals surface area contributed by atoms with E-state index >= 15 is 9.59 Å². The van der Waals surface area contributed by atoms with Crippen molar-refractivity contribution in [2.75, 3.05) is 13.2 Å². The smallest absolute Gasteiger partial charge is 0.341 e. The van der Waals surface area contributed by atoms with Gasteiger partial charge >= 0.3 is 35.8 Å². The second-order valence-electron chi connectivity index (χ2n) is 19.8. The Hall–Kier alpha value is -11.7. The standard InChI is InChI=1S/C54H42O36/c55-7-20-35(69)44-46(53(83-20)89-47(77)9-1-14(57)29(63)15(58)2-9)88-52(82)28-26(24-12(49(79)86-44)5-18(61)32(66)38(24)72)40(74)42(76)41(75)27(28)25-13(6-19(62)33(67)39(25)73)51(81)90-54-45-43(34(68)21(8-56)84-54)85-48(78)10-3-16(59)30(64)36(70)22(10)23-11(50(80)87-45)4-17(60)31(65)37(23)71/h1-6,20-21,34-35,43-46,53-76H,7-8H2. The zero-order chi connectivity index (χ0) is 65.9. The normalized spacial score (nSPS) is 22.9. The number of carbonyl (C=O) groups is 6. The molecule has 10 atom stereocenters. The Balaban J connectivity index is 1.17. The Morgan fingerprint density at radius 1 is 0.344 bits per heavy atom. The predicted octanol–water partition coefficient (Wildman–Crippen LogP) is -0.613. The van der Waals surface area contributed by atoms with Gasteiger partial charge in [0.1, 0.15) is 24.4 Å². The molecule has 90 heavy (non-hydrogen) atoms. The summed E-state index contributed by atoms with van der Waals surface area (Å²) in [5.41, 5.74) is -16.3. The zero-order valence-corrected chi connectivity index (χ0v) is 44.2. The Morgan fingerprint density at radius 2 is 0.656 bits per heavy atom. The first-order valence-electron chi connectivity index (χ1n) is 25.2. The molecule has 0 radical (unpaired) electrons. The molecule has 36 nitrogen and oxygen atoms in total. The summed E-state index contributed by atoms with van der Waals surface area (Å²) in [6, 6.07) is 2.12. The lowest BCUT2D eigenvalue weighted by atomic mass is 9.84. The number of fused-ring (bicyclic) bond motifs is 8. The van der Waals surface area contributed by atoms with E-state index in [0.29, 0.717) is 24.3 Å². The van der Waals surface area contributed by atoms with Gasteiger partial charge in [-0.2, -0.15) is 0 Å². The summed E-state index contributed by atoms with van der Waals surface area (Å²) in [4.78, 5) is 87.1. The molecule has 474 valence electrons. The number of aromatic hydroxyl groups is 18. The lowest BCUT2D eigenvalue weighted by Gasteiger charge is -2.42.